The van der Waals surface area contributed by atoms with Crippen LogP contribution in [0.3, 0.4) is 0 Å². The van der Waals surface area contributed by atoms with Crippen LogP contribution < -0.4 is 4.90 Å². The van der Waals surface area contributed by atoms with Crippen LogP contribution in [-0.2, 0) is 10.0 Å². The average molecular weight is 332 g/mol. The Morgan fingerprint density at radius 2 is 1.64 bits per heavy atom. The second-order valence-electron chi connectivity index (χ2n) is 4.70. The highest BCUT2D eigenvalue weighted by molar-refractivity contribution is 8.30. The van der Waals surface area contributed by atoms with Crippen molar-refractivity contribution in [1.29, 1.82) is 0 Å². The molecule has 1 aliphatic rings. The summed E-state index contributed by atoms with van der Waals surface area (Å²) in [6.45, 7) is 1.87. The number of hydrogen-bond acceptors (Lipinski definition) is 4. The first kappa shape index (κ1) is 14.8. The van der Waals surface area contributed by atoms with E-state index in [9.17, 15) is 13.2 Å². The third kappa shape index (κ3) is 2.77. The number of nitrogens with zero attached hydrogens (tertiary/aromatic N) is 2. The van der Waals surface area contributed by atoms with E-state index in [0.29, 0.717) is 5.69 Å². The fourth-order valence-electron chi connectivity index (χ4n) is 1.93. The van der Waals surface area contributed by atoms with E-state index in [1.807, 2.05) is 13.0 Å². The number of aryl methyl sites for hydroxylation is 1. The first-order valence-electron chi connectivity index (χ1n) is 6.46. The molecule has 0 unspecified atom stereocenters. The lowest BCUT2D eigenvalue weighted by Gasteiger charge is -2.30. The quantitative estimate of drug-likeness (QED) is 0.864. The Morgan fingerprint density at radius 1 is 1.00 bits per heavy atom. The maximum absolute atomic E-state index is 12.3. The van der Waals surface area contributed by atoms with Crippen molar-refractivity contribution in [3.8, 4) is 0 Å². The molecule has 112 valence electrons. The van der Waals surface area contributed by atoms with E-state index >= 15 is 0 Å². The van der Waals surface area contributed by atoms with Crippen LogP contribution >= 0.6 is 11.8 Å². The number of amidine groups is 1. The maximum atomic E-state index is 12.3. The third-order valence-electron chi connectivity index (χ3n) is 3.08. The lowest BCUT2D eigenvalue weighted by Crippen LogP contribution is -2.43. The number of carbonyl (C=O) groups excluding carboxylic acids is 1. The van der Waals surface area contributed by atoms with Gasteiger partial charge in [-0.2, -0.15) is 8.42 Å². The Labute approximate surface area is 132 Å². The minimum Gasteiger partial charge on any atom is -0.260 e. The third-order valence-corrected chi connectivity index (χ3v) is 5.29. The van der Waals surface area contributed by atoms with Gasteiger partial charge in [0, 0.05) is 11.8 Å². The number of para-hydroxylation sites is 1. The van der Waals surface area contributed by atoms with Gasteiger partial charge in [0.15, 0.2) is 5.17 Å². The smallest absolute Gasteiger partial charge is 0.260 e. The zero-order chi connectivity index (χ0) is 15.7. The molecular weight excluding hydrogens is 320 g/mol. The molecule has 7 heteroatoms. The van der Waals surface area contributed by atoms with Crippen LogP contribution in [-0.4, -0.2) is 18.8 Å². The highest BCUT2D eigenvalue weighted by Gasteiger charge is 2.37. The first-order chi connectivity index (χ1) is 10.5. The summed E-state index contributed by atoms with van der Waals surface area (Å²) in [6.07, 6.45) is 0. The number of thioether (sulfide) groups is 1. The van der Waals surface area contributed by atoms with E-state index < -0.39 is 10.0 Å². The summed E-state index contributed by atoms with van der Waals surface area (Å²) in [4.78, 5) is 13.1. The van der Waals surface area contributed by atoms with E-state index in [-0.39, 0.29) is 15.3 Å². The second kappa shape index (κ2) is 5.58. The van der Waals surface area contributed by atoms with Crippen molar-refractivity contribution in [2.45, 2.75) is 11.8 Å². The molecule has 1 heterocycles. The van der Waals surface area contributed by atoms with Crippen molar-refractivity contribution >= 4 is 37.9 Å². The molecule has 0 radical (unpaired) electrons. The van der Waals surface area contributed by atoms with E-state index in [4.69, 9.17) is 0 Å². The lowest BCUT2D eigenvalue weighted by molar-refractivity contribution is 0.266. The molecule has 22 heavy (non-hydrogen) atoms. The largest absolute Gasteiger partial charge is 0.300 e. The van der Waals surface area contributed by atoms with Crippen LogP contribution in [0.5, 0.6) is 0 Å². The Hall–Kier alpha value is -2.12. The summed E-state index contributed by atoms with van der Waals surface area (Å²) < 4.78 is 28.4. The molecule has 3 rings (SSSR count). The van der Waals surface area contributed by atoms with Crippen molar-refractivity contribution in [2.75, 3.05) is 4.90 Å². The van der Waals surface area contributed by atoms with Crippen LogP contribution in [0.2, 0.25) is 0 Å². The molecule has 1 saturated heterocycles. The van der Waals surface area contributed by atoms with E-state index in [1.165, 1.54) is 17.0 Å². The van der Waals surface area contributed by atoms with Crippen molar-refractivity contribution in [1.82, 2.24) is 0 Å². The summed E-state index contributed by atoms with van der Waals surface area (Å²) in [6, 6.07) is 15.3. The molecule has 5 nitrogen and oxygen atoms in total. The molecule has 1 amide bonds. The Balaban J connectivity index is 1.94. The van der Waals surface area contributed by atoms with E-state index in [2.05, 4.69) is 4.40 Å². The molecule has 0 spiro atoms. The number of amides is 1. The fraction of sp³-hybridized carbons (Fsp3) is 0.0667. The Bertz CT molecular complexity index is 844. The molecule has 1 fully saturated rings. The van der Waals surface area contributed by atoms with Gasteiger partial charge >= 0.3 is 0 Å². The number of anilines is 1. The monoisotopic (exact) mass is 332 g/mol. The summed E-state index contributed by atoms with van der Waals surface area (Å²) in [7, 11) is -3.83. The van der Waals surface area contributed by atoms with Crippen molar-refractivity contribution < 1.29 is 13.2 Å². The van der Waals surface area contributed by atoms with Gasteiger partial charge in [0.25, 0.3) is 15.3 Å². The van der Waals surface area contributed by atoms with Gasteiger partial charge in [-0.1, -0.05) is 35.9 Å². The van der Waals surface area contributed by atoms with Crippen LogP contribution in [0, 0.1) is 6.92 Å². The second-order valence-corrected chi connectivity index (χ2v) is 7.22. The topological polar surface area (TPSA) is 66.8 Å². The molecule has 2 aromatic rings. The highest BCUT2D eigenvalue weighted by Crippen LogP contribution is 2.33. The van der Waals surface area contributed by atoms with E-state index in [0.717, 1.165) is 17.3 Å². The maximum Gasteiger partial charge on any atom is 0.300 e. The van der Waals surface area contributed by atoms with Crippen molar-refractivity contribution in [2.24, 2.45) is 4.40 Å². The van der Waals surface area contributed by atoms with E-state index in [1.54, 1.807) is 36.4 Å². The molecule has 0 aliphatic carbocycles. The molecular formula is C15H12N2O3S2. The molecule has 0 aromatic heterocycles. The minimum atomic E-state index is -3.83. The fourth-order valence-corrected chi connectivity index (χ4v) is 3.83. The van der Waals surface area contributed by atoms with Crippen molar-refractivity contribution in [3.63, 3.8) is 0 Å². The number of hydrogen-bond donors (Lipinski definition) is 0. The number of benzene rings is 2. The van der Waals surface area contributed by atoms with Gasteiger partial charge in [-0.3, -0.25) is 4.79 Å². The summed E-state index contributed by atoms with van der Waals surface area (Å²) in [5.41, 5.74) is 1.56. The Morgan fingerprint density at radius 3 is 2.23 bits per heavy atom. The zero-order valence-corrected chi connectivity index (χ0v) is 13.3. The molecule has 1 aliphatic heterocycles. The van der Waals surface area contributed by atoms with Gasteiger partial charge in [0.05, 0.1) is 10.6 Å². The molecule has 2 aromatic carbocycles. The van der Waals surface area contributed by atoms with Crippen LogP contribution in [0.1, 0.15) is 5.56 Å². The molecule has 0 N–H and O–H groups in total. The van der Waals surface area contributed by atoms with Crippen molar-refractivity contribution in [3.05, 3.63) is 60.2 Å². The predicted molar refractivity (Wildman–Crippen MR) is 87.7 cm³/mol. The van der Waals surface area contributed by atoms with Gasteiger partial charge in [-0.15, -0.1) is 4.40 Å². The minimum absolute atomic E-state index is 0.110. The van der Waals surface area contributed by atoms with Crippen LogP contribution in [0.4, 0.5) is 10.5 Å². The number of carbonyl (C=O) groups is 1. The predicted octanol–water partition coefficient (Wildman–Crippen LogP) is 3.41. The normalized spacial score (nSPS) is 16.7. The van der Waals surface area contributed by atoms with Crippen LogP contribution in [0.15, 0.2) is 63.9 Å². The average Bonchev–Trinajstić information content (AvgIpc) is 2.48. The highest BCUT2D eigenvalue weighted by atomic mass is 32.2. The van der Waals surface area contributed by atoms with Gasteiger partial charge < -0.3 is 0 Å². The van der Waals surface area contributed by atoms with Gasteiger partial charge in [-0.05, 0) is 31.2 Å². The number of rotatable bonds is 3. The summed E-state index contributed by atoms with van der Waals surface area (Å²) >= 11 is 0.814. The molecule has 0 atom stereocenters. The first-order valence-corrected chi connectivity index (χ1v) is 8.72. The van der Waals surface area contributed by atoms with Gasteiger partial charge in [0.2, 0.25) is 0 Å². The molecule has 0 bridgehead atoms. The SMILES string of the molecule is Cc1ccc(S(=O)(=O)N=C2SC(=O)N2c2ccccc2)cc1. The van der Waals surface area contributed by atoms with Gasteiger partial charge in [-0.25, -0.2) is 4.90 Å². The zero-order valence-electron chi connectivity index (χ0n) is 11.6. The standard InChI is InChI=1S/C15H12N2O3S2/c1-11-7-9-13(10-8-11)22(19,20)16-14-17(15(18)21-14)12-5-3-2-4-6-12/h2-10H,1H3. The summed E-state index contributed by atoms with van der Waals surface area (Å²) in [5, 5.41) is -0.0826. The molecule has 0 saturated carbocycles. The lowest BCUT2D eigenvalue weighted by atomic mass is 10.2. The summed E-state index contributed by atoms with van der Waals surface area (Å²) in [5.74, 6) is 0. The van der Waals surface area contributed by atoms with Gasteiger partial charge in [0.1, 0.15) is 0 Å². The van der Waals surface area contributed by atoms with Crippen LogP contribution in [0.25, 0.3) is 0 Å². The number of sulfonamides is 1. The Kier molecular flexibility index (Phi) is 3.76.